The first-order valence-electron chi connectivity index (χ1n) is 8.13. The lowest BCUT2D eigenvalue weighted by atomic mass is 9.98. The average Bonchev–Trinajstić information content (AvgIpc) is 3.00. The highest BCUT2D eigenvalue weighted by Crippen LogP contribution is 2.27. The van der Waals surface area contributed by atoms with Crippen LogP contribution < -0.4 is 4.90 Å². The molecule has 1 amide bonds. The van der Waals surface area contributed by atoms with Crippen molar-refractivity contribution in [2.24, 2.45) is 7.05 Å². The minimum Gasteiger partial charge on any atom is -0.306 e. The molecular formula is C19H17ClN4O. The van der Waals surface area contributed by atoms with Gasteiger partial charge in [0.05, 0.1) is 11.9 Å². The first-order valence-corrected chi connectivity index (χ1v) is 8.51. The predicted molar refractivity (Wildman–Crippen MR) is 97.1 cm³/mol. The minimum atomic E-state index is -0.00241. The standard InChI is InChI=1S/C19H17ClN4O/c1-23-16(4-6-22-23)8-13-9-17(12-21-11-13)24-7-5-14-10-15(20)2-3-18(14)19(24)25/h2-4,6,9-12H,5,7-8H2,1H3. The normalized spacial score (nSPS) is 13.8. The molecule has 4 rings (SSSR count). The van der Waals surface area contributed by atoms with Crippen LogP contribution in [0.1, 0.15) is 27.2 Å². The van der Waals surface area contributed by atoms with E-state index in [4.69, 9.17) is 11.6 Å². The molecule has 0 fully saturated rings. The summed E-state index contributed by atoms with van der Waals surface area (Å²) >= 11 is 6.04. The molecule has 0 saturated heterocycles. The van der Waals surface area contributed by atoms with E-state index >= 15 is 0 Å². The molecule has 1 aromatic carbocycles. The van der Waals surface area contributed by atoms with Crippen molar-refractivity contribution in [2.75, 3.05) is 11.4 Å². The fourth-order valence-electron chi connectivity index (χ4n) is 3.21. The molecule has 0 saturated carbocycles. The monoisotopic (exact) mass is 352 g/mol. The van der Waals surface area contributed by atoms with Crippen LogP contribution >= 0.6 is 11.6 Å². The van der Waals surface area contributed by atoms with E-state index in [1.807, 2.05) is 36.1 Å². The van der Waals surface area contributed by atoms with E-state index < -0.39 is 0 Å². The summed E-state index contributed by atoms with van der Waals surface area (Å²) in [6.45, 7) is 0.628. The fraction of sp³-hybridized carbons (Fsp3) is 0.211. The number of hydrogen-bond donors (Lipinski definition) is 0. The molecule has 126 valence electrons. The fourth-order valence-corrected chi connectivity index (χ4v) is 3.40. The van der Waals surface area contributed by atoms with Gasteiger partial charge in [-0.3, -0.25) is 14.5 Å². The van der Waals surface area contributed by atoms with Crippen LogP contribution in [-0.2, 0) is 19.9 Å². The quantitative estimate of drug-likeness (QED) is 0.727. The minimum absolute atomic E-state index is 0.00241. The van der Waals surface area contributed by atoms with Crippen molar-refractivity contribution in [1.82, 2.24) is 14.8 Å². The first-order chi connectivity index (χ1) is 12.1. The Kier molecular flexibility index (Phi) is 4.01. The Bertz CT molecular complexity index is 950. The summed E-state index contributed by atoms with van der Waals surface area (Å²) in [5, 5.41) is 4.86. The molecule has 25 heavy (non-hydrogen) atoms. The highest BCUT2D eigenvalue weighted by molar-refractivity contribution is 6.30. The van der Waals surface area contributed by atoms with Gasteiger partial charge in [-0.25, -0.2) is 0 Å². The summed E-state index contributed by atoms with van der Waals surface area (Å²) in [5.41, 5.74) is 4.70. The number of carbonyl (C=O) groups excluding carboxylic acids is 1. The second kappa shape index (κ2) is 6.33. The highest BCUT2D eigenvalue weighted by Gasteiger charge is 2.25. The van der Waals surface area contributed by atoms with Crippen LogP contribution in [0.25, 0.3) is 0 Å². The number of nitrogens with zero attached hydrogens (tertiary/aromatic N) is 4. The summed E-state index contributed by atoms with van der Waals surface area (Å²) in [6, 6.07) is 9.46. The van der Waals surface area contributed by atoms with E-state index in [2.05, 4.69) is 10.1 Å². The van der Waals surface area contributed by atoms with Crippen LogP contribution in [0.5, 0.6) is 0 Å². The van der Waals surface area contributed by atoms with Gasteiger partial charge in [-0.15, -0.1) is 0 Å². The van der Waals surface area contributed by atoms with E-state index in [9.17, 15) is 4.79 Å². The molecule has 6 heteroatoms. The lowest BCUT2D eigenvalue weighted by molar-refractivity contribution is 0.0980. The number of rotatable bonds is 3. The predicted octanol–water partition coefficient (Wildman–Crippen LogP) is 3.26. The van der Waals surface area contributed by atoms with Gasteiger partial charge < -0.3 is 4.90 Å². The van der Waals surface area contributed by atoms with Crippen molar-refractivity contribution in [3.05, 3.63) is 76.3 Å². The number of hydrogen-bond acceptors (Lipinski definition) is 3. The van der Waals surface area contributed by atoms with E-state index in [0.717, 1.165) is 35.3 Å². The summed E-state index contributed by atoms with van der Waals surface area (Å²) in [7, 11) is 1.92. The first kappa shape index (κ1) is 15.8. The van der Waals surface area contributed by atoms with Gasteiger partial charge in [-0.05, 0) is 47.9 Å². The average molecular weight is 353 g/mol. The Morgan fingerprint density at radius 2 is 2.08 bits per heavy atom. The van der Waals surface area contributed by atoms with Gasteiger partial charge in [0.25, 0.3) is 5.91 Å². The van der Waals surface area contributed by atoms with E-state index in [1.165, 1.54) is 0 Å². The number of benzene rings is 1. The molecule has 0 bridgehead atoms. The van der Waals surface area contributed by atoms with E-state index in [0.29, 0.717) is 17.1 Å². The van der Waals surface area contributed by atoms with Crippen LogP contribution in [0.15, 0.2) is 48.9 Å². The largest absolute Gasteiger partial charge is 0.306 e. The molecule has 3 heterocycles. The molecule has 0 radical (unpaired) electrons. The molecular weight excluding hydrogens is 336 g/mol. The lowest BCUT2D eigenvalue weighted by Gasteiger charge is -2.28. The topological polar surface area (TPSA) is 51.0 Å². The maximum absolute atomic E-state index is 12.9. The zero-order valence-electron chi connectivity index (χ0n) is 13.8. The molecule has 0 unspecified atom stereocenters. The van der Waals surface area contributed by atoms with E-state index in [1.54, 1.807) is 29.4 Å². The molecule has 2 aromatic heterocycles. The molecule has 0 spiro atoms. The van der Waals surface area contributed by atoms with Crippen molar-refractivity contribution in [3.8, 4) is 0 Å². The van der Waals surface area contributed by atoms with Crippen LogP contribution in [0, 0.1) is 0 Å². The summed E-state index contributed by atoms with van der Waals surface area (Å²) in [6.07, 6.45) is 6.87. The Morgan fingerprint density at radius 1 is 1.20 bits per heavy atom. The second-order valence-corrected chi connectivity index (χ2v) is 6.62. The van der Waals surface area contributed by atoms with Crippen LogP contribution in [0.3, 0.4) is 0 Å². The number of aryl methyl sites for hydroxylation is 1. The van der Waals surface area contributed by atoms with Gasteiger partial charge in [0.15, 0.2) is 0 Å². The second-order valence-electron chi connectivity index (χ2n) is 6.18. The summed E-state index contributed by atoms with van der Waals surface area (Å²) in [5.74, 6) is -0.00241. The Balaban J connectivity index is 1.62. The number of aromatic nitrogens is 3. The van der Waals surface area contributed by atoms with Gasteiger partial charge in [0.2, 0.25) is 0 Å². The van der Waals surface area contributed by atoms with Crippen molar-refractivity contribution >= 4 is 23.2 Å². The molecule has 0 atom stereocenters. The van der Waals surface area contributed by atoms with Gasteiger partial charge in [-0.1, -0.05) is 11.6 Å². The third-order valence-corrected chi connectivity index (χ3v) is 4.78. The number of carbonyl (C=O) groups is 1. The maximum Gasteiger partial charge on any atom is 0.258 e. The van der Waals surface area contributed by atoms with Crippen LogP contribution in [0.2, 0.25) is 5.02 Å². The third-order valence-electron chi connectivity index (χ3n) is 4.55. The van der Waals surface area contributed by atoms with Crippen molar-refractivity contribution in [3.63, 3.8) is 0 Å². The number of halogens is 1. The summed E-state index contributed by atoms with van der Waals surface area (Å²) < 4.78 is 1.85. The van der Waals surface area contributed by atoms with Gasteiger partial charge >= 0.3 is 0 Å². The third kappa shape index (κ3) is 3.03. The van der Waals surface area contributed by atoms with Crippen molar-refractivity contribution in [1.29, 1.82) is 0 Å². The lowest BCUT2D eigenvalue weighted by Crippen LogP contribution is -2.37. The van der Waals surface area contributed by atoms with Gasteiger partial charge in [0.1, 0.15) is 0 Å². The molecule has 3 aromatic rings. The number of amides is 1. The van der Waals surface area contributed by atoms with E-state index in [-0.39, 0.29) is 5.91 Å². The Labute approximate surface area is 150 Å². The van der Waals surface area contributed by atoms with Gasteiger partial charge in [0, 0.05) is 48.7 Å². The number of pyridine rings is 1. The van der Waals surface area contributed by atoms with Crippen molar-refractivity contribution in [2.45, 2.75) is 12.8 Å². The zero-order chi connectivity index (χ0) is 17.4. The molecule has 1 aliphatic rings. The molecule has 0 aliphatic carbocycles. The maximum atomic E-state index is 12.9. The zero-order valence-corrected chi connectivity index (χ0v) is 14.6. The highest BCUT2D eigenvalue weighted by atomic mass is 35.5. The summed E-state index contributed by atoms with van der Waals surface area (Å²) in [4.78, 5) is 19.0. The molecule has 1 aliphatic heterocycles. The number of fused-ring (bicyclic) bond motifs is 1. The van der Waals surface area contributed by atoms with Crippen LogP contribution in [-0.4, -0.2) is 27.2 Å². The van der Waals surface area contributed by atoms with Crippen LogP contribution in [0.4, 0.5) is 5.69 Å². The Morgan fingerprint density at radius 3 is 2.88 bits per heavy atom. The SMILES string of the molecule is Cn1nccc1Cc1cncc(N2CCc3cc(Cl)ccc3C2=O)c1. The Hall–Kier alpha value is -2.66. The smallest absolute Gasteiger partial charge is 0.258 e. The number of anilines is 1. The molecule has 0 N–H and O–H groups in total. The molecule has 5 nitrogen and oxygen atoms in total. The van der Waals surface area contributed by atoms with Gasteiger partial charge in [-0.2, -0.15) is 5.10 Å². The van der Waals surface area contributed by atoms with Crippen molar-refractivity contribution < 1.29 is 4.79 Å².